The van der Waals surface area contributed by atoms with Gasteiger partial charge in [-0.25, -0.2) is 9.97 Å². The Kier molecular flexibility index (Phi) is 2.64. The number of hydrogen-bond acceptors (Lipinski definition) is 3. The molecule has 0 N–H and O–H groups in total. The van der Waals surface area contributed by atoms with Crippen LogP contribution in [0.1, 0.15) is 11.1 Å². The molecule has 2 rings (SSSR count). The number of hydrogen-bond donors (Lipinski definition) is 0. The summed E-state index contributed by atoms with van der Waals surface area (Å²) in [5.41, 5.74) is 2.96. The van der Waals surface area contributed by atoms with E-state index in [1.54, 1.807) is 18.5 Å². The van der Waals surface area contributed by atoms with E-state index < -0.39 is 0 Å². The largest absolute Gasteiger partial charge is 0.252 e. The highest BCUT2D eigenvalue weighted by Crippen LogP contribution is 2.18. The molecule has 0 aliphatic carbocycles. The molecular weight excluding hydrogens is 210 g/mol. The summed E-state index contributed by atoms with van der Waals surface area (Å²) in [6.45, 7) is 3.99. The fraction of sp³-hybridized carbons (Fsp3) is 0.182. The molecule has 4 heteroatoms. The predicted molar refractivity (Wildman–Crippen MR) is 59.7 cm³/mol. The third kappa shape index (κ3) is 2.13. The van der Waals surface area contributed by atoms with E-state index in [9.17, 15) is 0 Å². The lowest BCUT2D eigenvalue weighted by Gasteiger charge is -2.03. The Labute approximate surface area is 93.2 Å². The first-order chi connectivity index (χ1) is 7.16. The van der Waals surface area contributed by atoms with Crippen molar-refractivity contribution in [2.45, 2.75) is 13.8 Å². The lowest BCUT2D eigenvalue weighted by Crippen LogP contribution is -1.94. The van der Waals surface area contributed by atoms with Gasteiger partial charge in [-0.2, -0.15) is 0 Å². The SMILES string of the molecule is Cc1cnc(-c2nccc(Cl)n2)c(C)c1. The van der Waals surface area contributed by atoms with Gasteiger partial charge in [-0.1, -0.05) is 17.7 Å². The summed E-state index contributed by atoms with van der Waals surface area (Å²) in [7, 11) is 0. The third-order valence-electron chi connectivity index (χ3n) is 2.05. The second-order valence-electron chi connectivity index (χ2n) is 3.38. The fourth-order valence-corrected chi connectivity index (χ4v) is 1.54. The second-order valence-corrected chi connectivity index (χ2v) is 3.77. The highest BCUT2D eigenvalue weighted by molar-refractivity contribution is 6.29. The van der Waals surface area contributed by atoms with E-state index in [1.165, 1.54) is 0 Å². The van der Waals surface area contributed by atoms with Gasteiger partial charge in [-0.3, -0.25) is 4.98 Å². The van der Waals surface area contributed by atoms with Gasteiger partial charge in [0.05, 0.1) is 0 Å². The number of pyridine rings is 1. The molecule has 0 bridgehead atoms. The minimum atomic E-state index is 0.432. The summed E-state index contributed by atoms with van der Waals surface area (Å²) in [6, 6.07) is 3.70. The molecule has 76 valence electrons. The Morgan fingerprint density at radius 1 is 1.20 bits per heavy atom. The molecule has 0 radical (unpaired) electrons. The highest BCUT2D eigenvalue weighted by atomic mass is 35.5. The van der Waals surface area contributed by atoms with E-state index in [0.29, 0.717) is 11.0 Å². The molecule has 2 aromatic heterocycles. The monoisotopic (exact) mass is 219 g/mol. The van der Waals surface area contributed by atoms with Crippen molar-refractivity contribution in [2.75, 3.05) is 0 Å². The summed E-state index contributed by atoms with van der Waals surface area (Å²) >= 11 is 5.80. The smallest absolute Gasteiger partial charge is 0.179 e. The Morgan fingerprint density at radius 3 is 2.67 bits per heavy atom. The normalized spacial score (nSPS) is 10.3. The van der Waals surface area contributed by atoms with Crippen LogP contribution < -0.4 is 0 Å². The molecule has 0 amide bonds. The Balaban J connectivity index is 2.54. The van der Waals surface area contributed by atoms with Crippen molar-refractivity contribution in [3.63, 3.8) is 0 Å². The van der Waals surface area contributed by atoms with E-state index in [2.05, 4.69) is 15.0 Å². The van der Waals surface area contributed by atoms with Gasteiger partial charge in [0.2, 0.25) is 0 Å². The molecule has 0 unspecified atom stereocenters. The summed E-state index contributed by atoms with van der Waals surface area (Å²) in [5.74, 6) is 0.569. The molecule has 0 aliphatic rings. The molecule has 2 heterocycles. The van der Waals surface area contributed by atoms with Gasteiger partial charge >= 0.3 is 0 Å². The van der Waals surface area contributed by atoms with Crippen LogP contribution in [0.3, 0.4) is 0 Å². The molecule has 0 saturated carbocycles. The number of aryl methyl sites for hydroxylation is 2. The van der Waals surface area contributed by atoms with Gasteiger partial charge in [-0.15, -0.1) is 0 Å². The molecule has 3 nitrogen and oxygen atoms in total. The zero-order valence-electron chi connectivity index (χ0n) is 8.53. The van der Waals surface area contributed by atoms with Gasteiger partial charge in [-0.05, 0) is 31.0 Å². The van der Waals surface area contributed by atoms with E-state index in [0.717, 1.165) is 16.8 Å². The van der Waals surface area contributed by atoms with Crippen molar-refractivity contribution in [1.29, 1.82) is 0 Å². The molecular formula is C11H10ClN3. The zero-order chi connectivity index (χ0) is 10.8. The zero-order valence-corrected chi connectivity index (χ0v) is 9.28. The van der Waals surface area contributed by atoms with Crippen LogP contribution in [0.25, 0.3) is 11.5 Å². The topological polar surface area (TPSA) is 38.7 Å². The van der Waals surface area contributed by atoms with Crippen LogP contribution in [-0.4, -0.2) is 15.0 Å². The summed E-state index contributed by atoms with van der Waals surface area (Å²) < 4.78 is 0. The van der Waals surface area contributed by atoms with Gasteiger partial charge in [0, 0.05) is 12.4 Å². The van der Waals surface area contributed by atoms with Crippen molar-refractivity contribution in [1.82, 2.24) is 15.0 Å². The molecule has 0 aliphatic heterocycles. The maximum atomic E-state index is 5.80. The average Bonchev–Trinajstić information content (AvgIpc) is 2.17. The number of rotatable bonds is 1. The van der Waals surface area contributed by atoms with E-state index in [1.807, 2.05) is 19.9 Å². The van der Waals surface area contributed by atoms with Crippen molar-refractivity contribution >= 4 is 11.6 Å². The maximum absolute atomic E-state index is 5.80. The van der Waals surface area contributed by atoms with Crippen LogP contribution in [0.5, 0.6) is 0 Å². The molecule has 0 saturated heterocycles. The molecule has 2 aromatic rings. The van der Waals surface area contributed by atoms with E-state index in [4.69, 9.17) is 11.6 Å². The molecule has 0 atom stereocenters. The predicted octanol–water partition coefficient (Wildman–Crippen LogP) is 2.81. The first-order valence-electron chi connectivity index (χ1n) is 4.59. The number of aromatic nitrogens is 3. The second kappa shape index (κ2) is 3.95. The fourth-order valence-electron chi connectivity index (χ4n) is 1.40. The standard InChI is InChI=1S/C11H10ClN3/c1-7-5-8(2)10(14-6-7)11-13-4-3-9(12)15-11/h3-6H,1-2H3. The van der Waals surface area contributed by atoms with Crippen molar-refractivity contribution in [2.24, 2.45) is 0 Å². The molecule has 15 heavy (non-hydrogen) atoms. The minimum absolute atomic E-state index is 0.432. The lowest BCUT2D eigenvalue weighted by atomic mass is 10.1. The quantitative estimate of drug-likeness (QED) is 0.693. The van der Waals surface area contributed by atoms with Crippen molar-refractivity contribution < 1.29 is 0 Å². The summed E-state index contributed by atoms with van der Waals surface area (Å²) in [6.07, 6.45) is 3.43. The Hall–Kier alpha value is -1.48. The van der Waals surface area contributed by atoms with Crippen LogP contribution in [0.4, 0.5) is 0 Å². The maximum Gasteiger partial charge on any atom is 0.179 e. The van der Waals surface area contributed by atoms with E-state index >= 15 is 0 Å². The van der Waals surface area contributed by atoms with Crippen LogP contribution in [0.15, 0.2) is 24.5 Å². The molecule has 0 fully saturated rings. The van der Waals surface area contributed by atoms with Crippen LogP contribution in [0.2, 0.25) is 5.15 Å². The van der Waals surface area contributed by atoms with Crippen molar-refractivity contribution in [3.8, 4) is 11.5 Å². The summed E-state index contributed by atoms with van der Waals surface area (Å²) in [5, 5.41) is 0.432. The van der Waals surface area contributed by atoms with Crippen LogP contribution in [-0.2, 0) is 0 Å². The van der Waals surface area contributed by atoms with Crippen LogP contribution in [0, 0.1) is 13.8 Å². The molecule has 0 aromatic carbocycles. The number of nitrogens with zero attached hydrogens (tertiary/aromatic N) is 3. The average molecular weight is 220 g/mol. The first kappa shape index (κ1) is 10.1. The third-order valence-corrected chi connectivity index (χ3v) is 2.26. The molecule has 0 spiro atoms. The number of halogens is 1. The first-order valence-corrected chi connectivity index (χ1v) is 4.97. The van der Waals surface area contributed by atoms with Crippen molar-refractivity contribution in [3.05, 3.63) is 40.8 Å². The van der Waals surface area contributed by atoms with Gasteiger partial charge in [0.25, 0.3) is 0 Å². The lowest BCUT2D eigenvalue weighted by molar-refractivity contribution is 1.11. The minimum Gasteiger partial charge on any atom is -0.252 e. The Bertz CT molecular complexity index is 497. The highest BCUT2D eigenvalue weighted by Gasteiger charge is 2.06. The summed E-state index contributed by atoms with van der Waals surface area (Å²) in [4.78, 5) is 12.6. The van der Waals surface area contributed by atoms with Crippen LogP contribution >= 0.6 is 11.6 Å². The Morgan fingerprint density at radius 2 is 2.00 bits per heavy atom. The van der Waals surface area contributed by atoms with Gasteiger partial charge in [0.15, 0.2) is 5.82 Å². The van der Waals surface area contributed by atoms with E-state index in [-0.39, 0.29) is 0 Å². The van der Waals surface area contributed by atoms with Gasteiger partial charge < -0.3 is 0 Å². The van der Waals surface area contributed by atoms with Gasteiger partial charge in [0.1, 0.15) is 10.8 Å².